The molecule has 3 N–H and O–H groups in total. The summed E-state index contributed by atoms with van der Waals surface area (Å²) in [5.41, 5.74) is 0.857. The molecule has 1 heterocycles. The van der Waals surface area contributed by atoms with Crippen LogP contribution in [0.15, 0.2) is 30.3 Å². The Labute approximate surface area is 189 Å². The first-order chi connectivity index (χ1) is 15.5. The van der Waals surface area contributed by atoms with Crippen LogP contribution in [0.5, 0.6) is 0 Å². The van der Waals surface area contributed by atoms with Crippen LogP contribution in [0.3, 0.4) is 0 Å². The Morgan fingerprint density at radius 3 is 2.50 bits per heavy atom. The molecule has 0 bridgehead atoms. The van der Waals surface area contributed by atoms with Gasteiger partial charge in [0, 0.05) is 12.5 Å². The predicted molar refractivity (Wildman–Crippen MR) is 118 cm³/mol. The van der Waals surface area contributed by atoms with Crippen LogP contribution in [0, 0.1) is 23.2 Å². The molecule has 1 aliphatic carbocycles. The van der Waals surface area contributed by atoms with Crippen molar-refractivity contribution < 1.29 is 19.1 Å². The van der Waals surface area contributed by atoms with Crippen LogP contribution < -0.4 is 16.0 Å². The second-order valence-electron chi connectivity index (χ2n) is 8.70. The summed E-state index contributed by atoms with van der Waals surface area (Å²) in [5.74, 6) is -0.423. The van der Waals surface area contributed by atoms with Crippen molar-refractivity contribution in [2.75, 3.05) is 6.54 Å². The molecule has 1 saturated carbocycles. The first-order valence-corrected chi connectivity index (χ1v) is 11.5. The Bertz CT molecular complexity index is 817. The van der Waals surface area contributed by atoms with E-state index in [1.54, 1.807) is 0 Å². The summed E-state index contributed by atoms with van der Waals surface area (Å²) >= 11 is 0. The molecule has 2 fully saturated rings. The van der Waals surface area contributed by atoms with Crippen molar-refractivity contribution >= 4 is 17.9 Å². The number of alkyl carbamates (subject to hydrolysis) is 1. The van der Waals surface area contributed by atoms with Gasteiger partial charge in [-0.05, 0) is 30.7 Å². The average molecular weight is 441 g/mol. The van der Waals surface area contributed by atoms with Gasteiger partial charge in [0.2, 0.25) is 11.8 Å². The molecular weight excluding hydrogens is 408 g/mol. The molecular formula is C24H32N4O4. The summed E-state index contributed by atoms with van der Waals surface area (Å²) in [6.45, 7) is 0.705. The molecule has 0 spiro atoms. The van der Waals surface area contributed by atoms with E-state index in [1.807, 2.05) is 30.3 Å². The lowest BCUT2D eigenvalue weighted by molar-refractivity contribution is -0.125. The second kappa shape index (κ2) is 12.1. The molecule has 0 radical (unpaired) electrons. The first kappa shape index (κ1) is 23.6. The van der Waals surface area contributed by atoms with Crippen molar-refractivity contribution in [3.8, 4) is 6.07 Å². The zero-order valence-electron chi connectivity index (χ0n) is 18.3. The molecule has 8 nitrogen and oxygen atoms in total. The summed E-state index contributed by atoms with van der Waals surface area (Å²) < 4.78 is 5.30. The quantitative estimate of drug-likeness (QED) is 0.545. The third-order valence-corrected chi connectivity index (χ3v) is 6.27. The fourth-order valence-electron chi connectivity index (χ4n) is 4.47. The van der Waals surface area contributed by atoms with Crippen LogP contribution in [0.4, 0.5) is 4.79 Å². The maximum atomic E-state index is 13.0. The molecule has 3 rings (SSSR count). The van der Waals surface area contributed by atoms with Gasteiger partial charge < -0.3 is 20.7 Å². The molecule has 0 unspecified atom stereocenters. The van der Waals surface area contributed by atoms with E-state index in [0.29, 0.717) is 25.3 Å². The van der Waals surface area contributed by atoms with Crippen LogP contribution >= 0.6 is 0 Å². The highest BCUT2D eigenvalue weighted by Crippen LogP contribution is 2.27. The summed E-state index contributed by atoms with van der Waals surface area (Å²) in [6.07, 6.45) is 6.25. The van der Waals surface area contributed by atoms with E-state index in [0.717, 1.165) is 31.2 Å². The van der Waals surface area contributed by atoms with Gasteiger partial charge in [-0.3, -0.25) is 9.59 Å². The van der Waals surface area contributed by atoms with Crippen molar-refractivity contribution in [1.82, 2.24) is 16.0 Å². The van der Waals surface area contributed by atoms with Crippen LogP contribution in [0.1, 0.15) is 56.9 Å². The number of nitrogens with zero attached hydrogens (tertiary/aromatic N) is 1. The Balaban J connectivity index is 1.58. The number of hydrogen-bond donors (Lipinski definition) is 3. The van der Waals surface area contributed by atoms with E-state index < -0.39 is 24.1 Å². The summed E-state index contributed by atoms with van der Waals surface area (Å²) in [5, 5.41) is 17.7. The summed E-state index contributed by atoms with van der Waals surface area (Å²) in [7, 11) is 0. The van der Waals surface area contributed by atoms with E-state index in [2.05, 4.69) is 22.0 Å². The van der Waals surface area contributed by atoms with Gasteiger partial charge in [-0.25, -0.2) is 4.79 Å². The number of rotatable bonds is 9. The maximum Gasteiger partial charge on any atom is 0.408 e. The molecule has 1 aromatic carbocycles. The maximum absolute atomic E-state index is 13.0. The van der Waals surface area contributed by atoms with Gasteiger partial charge in [0.05, 0.1) is 6.07 Å². The minimum absolute atomic E-state index is 0.0825. The van der Waals surface area contributed by atoms with Gasteiger partial charge in [-0.2, -0.15) is 5.26 Å². The second-order valence-corrected chi connectivity index (χ2v) is 8.70. The highest BCUT2D eigenvalue weighted by molar-refractivity contribution is 5.86. The number of ether oxygens (including phenoxy) is 1. The fraction of sp³-hybridized carbons (Fsp3) is 0.583. The third kappa shape index (κ3) is 7.26. The SMILES string of the molecule is N#C[C@H](C[C@@H]1CCNC1=O)NC(=O)[C@H](CC1CCCCC1)NC(=O)OCc1ccccc1. The number of carbonyl (C=O) groups excluding carboxylic acids is 3. The number of carbonyl (C=O) groups is 3. The molecule has 1 aromatic rings. The lowest BCUT2D eigenvalue weighted by atomic mass is 9.84. The molecule has 3 amide bonds. The largest absolute Gasteiger partial charge is 0.445 e. The Morgan fingerprint density at radius 2 is 1.84 bits per heavy atom. The lowest BCUT2D eigenvalue weighted by Gasteiger charge is -2.27. The zero-order chi connectivity index (χ0) is 22.8. The smallest absolute Gasteiger partial charge is 0.408 e. The van der Waals surface area contributed by atoms with E-state index in [4.69, 9.17) is 4.74 Å². The normalized spacial score (nSPS) is 20.5. The van der Waals surface area contributed by atoms with Crippen molar-refractivity contribution in [3.05, 3.63) is 35.9 Å². The molecule has 1 aliphatic heterocycles. The van der Waals surface area contributed by atoms with Crippen molar-refractivity contribution in [1.29, 1.82) is 5.26 Å². The predicted octanol–water partition coefficient (Wildman–Crippen LogP) is 2.79. The monoisotopic (exact) mass is 440 g/mol. The van der Waals surface area contributed by atoms with Crippen molar-refractivity contribution in [2.45, 2.75) is 70.1 Å². The van der Waals surface area contributed by atoms with Crippen molar-refractivity contribution in [2.24, 2.45) is 11.8 Å². The number of nitriles is 1. The van der Waals surface area contributed by atoms with Gasteiger partial charge >= 0.3 is 6.09 Å². The number of amides is 3. The van der Waals surface area contributed by atoms with Crippen LogP contribution in [-0.4, -0.2) is 36.5 Å². The summed E-state index contributed by atoms with van der Waals surface area (Å²) in [6, 6.07) is 9.84. The Morgan fingerprint density at radius 1 is 1.09 bits per heavy atom. The number of nitrogens with one attached hydrogen (secondary N) is 3. The molecule has 0 aromatic heterocycles. The van der Waals surface area contributed by atoms with E-state index in [9.17, 15) is 19.6 Å². The Hall–Kier alpha value is -3.08. The third-order valence-electron chi connectivity index (χ3n) is 6.27. The number of benzene rings is 1. The van der Waals surface area contributed by atoms with E-state index in [-0.39, 0.29) is 24.9 Å². The fourth-order valence-corrected chi connectivity index (χ4v) is 4.47. The molecule has 172 valence electrons. The molecule has 32 heavy (non-hydrogen) atoms. The van der Waals surface area contributed by atoms with E-state index in [1.165, 1.54) is 6.42 Å². The molecule has 2 aliphatic rings. The van der Waals surface area contributed by atoms with Gasteiger partial charge in [0.25, 0.3) is 0 Å². The van der Waals surface area contributed by atoms with Crippen LogP contribution in [0.2, 0.25) is 0 Å². The van der Waals surface area contributed by atoms with Crippen LogP contribution in [0.25, 0.3) is 0 Å². The Kier molecular flexibility index (Phi) is 8.90. The highest BCUT2D eigenvalue weighted by atomic mass is 16.5. The number of hydrogen-bond acceptors (Lipinski definition) is 5. The van der Waals surface area contributed by atoms with Gasteiger partial charge in [0.15, 0.2) is 0 Å². The standard InChI is InChI=1S/C24H32N4O4/c25-15-20(14-19-11-12-26-22(19)29)27-23(30)21(13-17-7-3-1-4-8-17)28-24(31)32-16-18-9-5-2-6-10-18/h2,5-6,9-10,17,19-21H,1,3-4,7-8,11-14,16H2,(H,26,29)(H,27,30)(H,28,31)/t19-,20-,21-/m0/s1. The van der Waals surface area contributed by atoms with Gasteiger partial charge in [-0.15, -0.1) is 0 Å². The molecule has 1 saturated heterocycles. The average Bonchev–Trinajstić information content (AvgIpc) is 3.22. The zero-order valence-corrected chi connectivity index (χ0v) is 18.3. The summed E-state index contributed by atoms with van der Waals surface area (Å²) in [4.78, 5) is 37.3. The minimum atomic E-state index is -0.785. The van der Waals surface area contributed by atoms with Gasteiger partial charge in [0.1, 0.15) is 18.7 Å². The molecule has 8 heteroatoms. The molecule has 3 atom stereocenters. The minimum Gasteiger partial charge on any atom is -0.445 e. The van der Waals surface area contributed by atoms with E-state index >= 15 is 0 Å². The van der Waals surface area contributed by atoms with Gasteiger partial charge in [-0.1, -0.05) is 62.4 Å². The highest BCUT2D eigenvalue weighted by Gasteiger charge is 2.31. The van der Waals surface area contributed by atoms with Crippen molar-refractivity contribution in [3.63, 3.8) is 0 Å². The van der Waals surface area contributed by atoms with Crippen LogP contribution in [-0.2, 0) is 20.9 Å². The first-order valence-electron chi connectivity index (χ1n) is 11.5. The topological polar surface area (TPSA) is 120 Å². The lowest BCUT2D eigenvalue weighted by Crippen LogP contribution is -2.50.